The number of hydrogen-bond acceptors (Lipinski definition) is 4. The number of aromatic nitrogens is 1. The van der Waals surface area contributed by atoms with Gasteiger partial charge in [-0.1, -0.05) is 60.7 Å². The second kappa shape index (κ2) is 9.17. The Morgan fingerprint density at radius 3 is 2.31 bits per heavy atom. The van der Waals surface area contributed by atoms with E-state index in [4.69, 9.17) is 4.74 Å². The number of carbonyl (C=O) groups is 1. The van der Waals surface area contributed by atoms with Crippen LogP contribution in [0.25, 0.3) is 10.6 Å². The predicted molar refractivity (Wildman–Crippen MR) is 117 cm³/mol. The van der Waals surface area contributed by atoms with Crippen LogP contribution in [0.5, 0.6) is 5.75 Å². The highest BCUT2D eigenvalue weighted by atomic mass is 32.1. The molecule has 1 heterocycles. The van der Waals surface area contributed by atoms with E-state index in [1.807, 2.05) is 90.3 Å². The van der Waals surface area contributed by atoms with Gasteiger partial charge in [-0.2, -0.15) is 0 Å². The maximum Gasteiger partial charge on any atom is 0.230 e. The van der Waals surface area contributed by atoms with Gasteiger partial charge in [0.25, 0.3) is 0 Å². The van der Waals surface area contributed by atoms with Crippen LogP contribution in [0, 0.1) is 0 Å². The summed E-state index contributed by atoms with van der Waals surface area (Å²) in [6, 6.07) is 27.4. The van der Waals surface area contributed by atoms with Crippen molar-refractivity contribution in [3.8, 4) is 16.3 Å². The van der Waals surface area contributed by atoms with E-state index in [2.05, 4.69) is 10.3 Å². The van der Waals surface area contributed by atoms with Crippen molar-refractivity contribution in [2.24, 2.45) is 0 Å². The highest BCUT2D eigenvalue weighted by Gasteiger charge is 2.09. The highest BCUT2D eigenvalue weighted by Crippen LogP contribution is 2.24. The first-order chi connectivity index (χ1) is 14.3. The molecule has 0 atom stereocenters. The maximum atomic E-state index is 12.3. The van der Waals surface area contributed by atoms with Gasteiger partial charge in [0.2, 0.25) is 5.91 Å². The molecule has 4 rings (SSSR count). The fraction of sp³-hybridized carbons (Fsp3) is 0.0833. The van der Waals surface area contributed by atoms with Crippen LogP contribution < -0.4 is 10.1 Å². The quantitative estimate of drug-likeness (QED) is 0.441. The summed E-state index contributed by atoms with van der Waals surface area (Å²) in [7, 11) is 0. The molecule has 0 aliphatic carbocycles. The lowest BCUT2D eigenvalue weighted by Crippen LogP contribution is -2.14. The number of thiazole rings is 1. The summed E-state index contributed by atoms with van der Waals surface area (Å²) >= 11 is 1.55. The molecule has 0 bridgehead atoms. The zero-order chi connectivity index (χ0) is 19.9. The molecule has 0 saturated heterocycles. The van der Waals surface area contributed by atoms with Gasteiger partial charge < -0.3 is 10.1 Å². The van der Waals surface area contributed by atoms with Crippen LogP contribution >= 0.6 is 11.3 Å². The van der Waals surface area contributed by atoms with Crippen molar-refractivity contribution in [3.05, 3.63) is 102 Å². The molecule has 0 aliphatic rings. The van der Waals surface area contributed by atoms with Gasteiger partial charge >= 0.3 is 0 Å². The first-order valence-corrected chi connectivity index (χ1v) is 10.2. The number of rotatable bonds is 7. The Bertz CT molecular complexity index is 1060. The van der Waals surface area contributed by atoms with Crippen molar-refractivity contribution in [2.45, 2.75) is 13.0 Å². The van der Waals surface area contributed by atoms with E-state index in [1.54, 1.807) is 11.3 Å². The SMILES string of the molecule is O=C(Cc1csc(-c2ccccc2)n1)Nc1ccc(OCc2ccccc2)cc1. The Hall–Kier alpha value is -3.44. The van der Waals surface area contributed by atoms with Crippen molar-refractivity contribution in [3.63, 3.8) is 0 Å². The van der Waals surface area contributed by atoms with E-state index in [0.29, 0.717) is 6.61 Å². The lowest BCUT2D eigenvalue weighted by atomic mass is 10.2. The normalized spacial score (nSPS) is 10.5. The minimum absolute atomic E-state index is 0.0899. The zero-order valence-corrected chi connectivity index (χ0v) is 16.6. The fourth-order valence-electron chi connectivity index (χ4n) is 2.85. The molecule has 0 aliphatic heterocycles. The highest BCUT2D eigenvalue weighted by molar-refractivity contribution is 7.13. The molecule has 0 fully saturated rings. The van der Waals surface area contributed by atoms with Crippen LogP contribution in [0.4, 0.5) is 5.69 Å². The fourth-order valence-corrected chi connectivity index (χ4v) is 3.67. The van der Waals surface area contributed by atoms with E-state index in [9.17, 15) is 4.79 Å². The molecule has 144 valence electrons. The molecule has 1 N–H and O–H groups in total. The molecule has 4 aromatic rings. The van der Waals surface area contributed by atoms with Crippen LogP contribution in [0.2, 0.25) is 0 Å². The standard InChI is InChI=1S/C24H20N2O2S/c27-23(15-21-17-29-24(26-21)19-9-5-2-6-10-19)25-20-11-13-22(14-12-20)28-16-18-7-3-1-4-8-18/h1-14,17H,15-16H2,(H,25,27). The monoisotopic (exact) mass is 400 g/mol. The van der Waals surface area contributed by atoms with E-state index in [-0.39, 0.29) is 12.3 Å². The molecular formula is C24H20N2O2S. The summed E-state index contributed by atoms with van der Waals surface area (Å²) in [4.78, 5) is 16.9. The van der Waals surface area contributed by atoms with E-state index >= 15 is 0 Å². The second-order valence-electron chi connectivity index (χ2n) is 6.53. The molecule has 1 amide bonds. The topological polar surface area (TPSA) is 51.2 Å². The molecular weight excluding hydrogens is 380 g/mol. The molecule has 4 nitrogen and oxygen atoms in total. The van der Waals surface area contributed by atoms with Gasteiger partial charge in [-0.15, -0.1) is 11.3 Å². The first-order valence-electron chi connectivity index (χ1n) is 9.33. The zero-order valence-electron chi connectivity index (χ0n) is 15.7. The van der Waals surface area contributed by atoms with Gasteiger partial charge in [0.1, 0.15) is 17.4 Å². The molecule has 5 heteroatoms. The molecule has 0 radical (unpaired) electrons. The van der Waals surface area contributed by atoms with Gasteiger partial charge in [0.15, 0.2) is 0 Å². The van der Waals surface area contributed by atoms with Crippen LogP contribution in [-0.4, -0.2) is 10.9 Å². The van der Waals surface area contributed by atoms with E-state index in [1.165, 1.54) is 0 Å². The average Bonchev–Trinajstić information content (AvgIpc) is 3.23. The molecule has 1 aromatic heterocycles. The van der Waals surface area contributed by atoms with Crippen molar-refractivity contribution in [2.75, 3.05) is 5.32 Å². The Labute approximate surface area is 173 Å². The number of ether oxygens (including phenoxy) is 1. The minimum Gasteiger partial charge on any atom is -0.489 e. The van der Waals surface area contributed by atoms with Crippen LogP contribution in [0.1, 0.15) is 11.3 Å². The van der Waals surface area contributed by atoms with Crippen molar-refractivity contribution >= 4 is 22.9 Å². The van der Waals surface area contributed by atoms with Gasteiger partial charge in [-0.3, -0.25) is 4.79 Å². The number of nitrogens with one attached hydrogen (secondary N) is 1. The molecule has 0 unspecified atom stereocenters. The molecule has 3 aromatic carbocycles. The smallest absolute Gasteiger partial charge is 0.230 e. The third-order valence-corrected chi connectivity index (χ3v) is 5.24. The molecule has 29 heavy (non-hydrogen) atoms. The maximum absolute atomic E-state index is 12.3. The summed E-state index contributed by atoms with van der Waals surface area (Å²) in [5, 5.41) is 5.77. The Morgan fingerprint density at radius 1 is 0.897 bits per heavy atom. The van der Waals surface area contributed by atoms with Gasteiger partial charge in [-0.25, -0.2) is 4.98 Å². The number of nitrogens with zero attached hydrogens (tertiary/aromatic N) is 1. The van der Waals surface area contributed by atoms with E-state index < -0.39 is 0 Å². The first kappa shape index (κ1) is 18.9. The summed E-state index contributed by atoms with van der Waals surface area (Å²) in [5.41, 5.74) is 3.69. The van der Waals surface area contributed by atoms with Gasteiger partial charge in [0, 0.05) is 16.6 Å². The lowest BCUT2D eigenvalue weighted by Gasteiger charge is -2.08. The summed E-state index contributed by atoms with van der Waals surface area (Å²) in [5.74, 6) is 0.673. The van der Waals surface area contributed by atoms with Gasteiger partial charge in [-0.05, 0) is 29.8 Å². The van der Waals surface area contributed by atoms with Crippen molar-refractivity contribution in [1.29, 1.82) is 0 Å². The number of anilines is 1. The number of hydrogen-bond donors (Lipinski definition) is 1. The Morgan fingerprint density at radius 2 is 1.59 bits per heavy atom. The summed E-state index contributed by atoms with van der Waals surface area (Å²) in [6.45, 7) is 0.514. The van der Waals surface area contributed by atoms with Crippen molar-refractivity contribution in [1.82, 2.24) is 4.98 Å². The summed E-state index contributed by atoms with van der Waals surface area (Å²) in [6.07, 6.45) is 0.246. The second-order valence-corrected chi connectivity index (χ2v) is 7.39. The Balaban J connectivity index is 1.30. The van der Waals surface area contributed by atoms with Crippen molar-refractivity contribution < 1.29 is 9.53 Å². The number of carbonyl (C=O) groups excluding carboxylic acids is 1. The van der Waals surface area contributed by atoms with Crippen LogP contribution in [-0.2, 0) is 17.8 Å². The largest absolute Gasteiger partial charge is 0.489 e. The number of benzene rings is 3. The minimum atomic E-state index is -0.0899. The molecule has 0 spiro atoms. The third-order valence-electron chi connectivity index (χ3n) is 4.30. The van der Waals surface area contributed by atoms with Crippen LogP contribution in [0.3, 0.4) is 0 Å². The van der Waals surface area contributed by atoms with E-state index in [0.717, 1.165) is 33.3 Å². The Kier molecular flexibility index (Phi) is 5.98. The lowest BCUT2D eigenvalue weighted by molar-refractivity contribution is -0.115. The predicted octanol–water partition coefficient (Wildman–Crippen LogP) is 5.57. The summed E-state index contributed by atoms with van der Waals surface area (Å²) < 4.78 is 5.77. The third kappa shape index (κ3) is 5.30. The number of amides is 1. The van der Waals surface area contributed by atoms with Crippen LogP contribution in [0.15, 0.2) is 90.3 Å². The molecule has 0 saturated carbocycles. The average molecular weight is 401 g/mol. The van der Waals surface area contributed by atoms with Gasteiger partial charge in [0.05, 0.1) is 12.1 Å².